The van der Waals surface area contributed by atoms with Crippen molar-refractivity contribution >= 4 is 5.97 Å². The zero-order valence-corrected chi connectivity index (χ0v) is 12.8. The van der Waals surface area contributed by atoms with Crippen LogP contribution in [0.2, 0.25) is 0 Å². The highest BCUT2D eigenvalue weighted by atomic mass is 16.5. The molecule has 0 aromatic carbocycles. The minimum absolute atomic E-state index is 0.313. The van der Waals surface area contributed by atoms with Crippen molar-refractivity contribution in [3.63, 3.8) is 0 Å². The SMILES string of the molecule is CCOC(=O)c1oc(CC2CCCC2)nc1CC(C)C. The summed E-state index contributed by atoms with van der Waals surface area (Å²) >= 11 is 0. The van der Waals surface area contributed by atoms with E-state index in [0.29, 0.717) is 30.1 Å². The Morgan fingerprint density at radius 3 is 2.70 bits per heavy atom. The first-order valence-electron chi connectivity index (χ1n) is 7.75. The van der Waals surface area contributed by atoms with Crippen LogP contribution >= 0.6 is 0 Å². The minimum Gasteiger partial charge on any atom is -0.460 e. The average molecular weight is 279 g/mol. The van der Waals surface area contributed by atoms with Gasteiger partial charge in [0.05, 0.1) is 12.3 Å². The summed E-state index contributed by atoms with van der Waals surface area (Å²) in [6.07, 6.45) is 6.70. The van der Waals surface area contributed by atoms with E-state index in [1.807, 2.05) is 0 Å². The van der Waals surface area contributed by atoms with Crippen LogP contribution in [0.4, 0.5) is 0 Å². The molecule has 1 saturated carbocycles. The van der Waals surface area contributed by atoms with Crippen molar-refractivity contribution in [1.29, 1.82) is 0 Å². The largest absolute Gasteiger partial charge is 0.460 e. The number of aromatic nitrogens is 1. The Balaban J connectivity index is 2.14. The molecule has 1 heterocycles. The summed E-state index contributed by atoms with van der Waals surface area (Å²) in [7, 11) is 0. The molecule has 0 spiro atoms. The third-order valence-corrected chi connectivity index (χ3v) is 3.74. The molecule has 20 heavy (non-hydrogen) atoms. The molecule has 0 amide bonds. The van der Waals surface area contributed by atoms with Crippen LogP contribution in [-0.2, 0) is 17.6 Å². The van der Waals surface area contributed by atoms with Gasteiger partial charge in [-0.25, -0.2) is 9.78 Å². The number of ether oxygens (including phenoxy) is 1. The van der Waals surface area contributed by atoms with Gasteiger partial charge in [-0.15, -0.1) is 0 Å². The van der Waals surface area contributed by atoms with E-state index in [1.165, 1.54) is 25.7 Å². The molecule has 4 nitrogen and oxygen atoms in total. The summed E-state index contributed by atoms with van der Waals surface area (Å²) in [6.45, 7) is 6.38. The van der Waals surface area contributed by atoms with Crippen molar-refractivity contribution in [3.05, 3.63) is 17.3 Å². The van der Waals surface area contributed by atoms with Crippen LogP contribution in [-0.4, -0.2) is 17.6 Å². The summed E-state index contributed by atoms with van der Waals surface area (Å²) in [5.41, 5.74) is 0.756. The molecule has 0 unspecified atom stereocenters. The molecule has 0 aliphatic heterocycles. The average Bonchev–Trinajstić information content (AvgIpc) is 2.99. The van der Waals surface area contributed by atoms with Crippen molar-refractivity contribution in [2.75, 3.05) is 6.61 Å². The smallest absolute Gasteiger partial charge is 0.376 e. The lowest BCUT2D eigenvalue weighted by Gasteiger charge is -2.03. The Bertz CT molecular complexity index is 445. The number of nitrogens with zero attached hydrogens (tertiary/aromatic N) is 1. The van der Waals surface area contributed by atoms with E-state index in [9.17, 15) is 4.79 Å². The van der Waals surface area contributed by atoms with E-state index in [2.05, 4.69) is 18.8 Å². The monoisotopic (exact) mass is 279 g/mol. The lowest BCUT2D eigenvalue weighted by molar-refractivity contribution is 0.0485. The van der Waals surface area contributed by atoms with Gasteiger partial charge in [0.15, 0.2) is 5.89 Å². The number of hydrogen-bond acceptors (Lipinski definition) is 4. The quantitative estimate of drug-likeness (QED) is 0.743. The maximum absolute atomic E-state index is 11.9. The minimum atomic E-state index is -0.381. The Hall–Kier alpha value is -1.32. The first-order chi connectivity index (χ1) is 9.60. The fourth-order valence-electron chi connectivity index (χ4n) is 2.83. The first-order valence-corrected chi connectivity index (χ1v) is 7.75. The molecule has 112 valence electrons. The third kappa shape index (κ3) is 3.84. The Kier molecular flexibility index (Phi) is 5.21. The number of carbonyl (C=O) groups excluding carboxylic acids is 1. The highest BCUT2D eigenvalue weighted by Crippen LogP contribution is 2.28. The van der Waals surface area contributed by atoms with Crippen molar-refractivity contribution in [1.82, 2.24) is 4.98 Å². The molecule has 2 rings (SSSR count). The fourth-order valence-corrected chi connectivity index (χ4v) is 2.83. The molecular weight excluding hydrogens is 254 g/mol. The van der Waals surface area contributed by atoms with Gasteiger partial charge in [-0.3, -0.25) is 0 Å². The van der Waals surface area contributed by atoms with Crippen molar-refractivity contribution in [2.24, 2.45) is 11.8 Å². The lowest BCUT2D eigenvalue weighted by Crippen LogP contribution is -2.08. The highest BCUT2D eigenvalue weighted by molar-refractivity contribution is 5.87. The van der Waals surface area contributed by atoms with E-state index in [-0.39, 0.29) is 5.97 Å². The van der Waals surface area contributed by atoms with Gasteiger partial charge < -0.3 is 9.15 Å². The zero-order valence-electron chi connectivity index (χ0n) is 12.8. The molecule has 0 radical (unpaired) electrons. The topological polar surface area (TPSA) is 52.3 Å². The van der Waals surface area contributed by atoms with Gasteiger partial charge >= 0.3 is 5.97 Å². The van der Waals surface area contributed by atoms with Gasteiger partial charge in [0.2, 0.25) is 5.76 Å². The Morgan fingerprint density at radius 1 is 1.40 bits per heavy atom. The number of rotatable bonds is 6. The second-order valence-electron chi connectivity index (χ2n) is 6.06. The van der Waals surface area contributed by atoms with Gasteiger partial charge in [0, 0.05) is 6.42 Å². The highest BCUT2D eigenvalue weighted by Gasteiger charge is 2.24. The molecule has 0 N–H and O–H groups in total. The molecule has 0 saturated heterocycles. The normalized spacial score (nSPS) is 16.0. The molecule has 0 bridgehead atoms. The van der Waals surface area contributed by atoms with Crippen LogP contribution < -0.4 is 0 Å². The van der Waals surface area contributed by atoms with E-state index in [4.69, 9.17) is 9.15 Å². The van der Waals surface area contributed by atoms with Gasteiger partial charge in [0.1, 0.15) is 0 Å². The van der Waals surface area contributed by atoms with E-state index >= 15 is 0 Å². The predicted octanol–water partition coefficient (Wildman–Crippen LogP) is 3.78. The molecule has 1 aromatic heterocycles. The second-order valence-corrected chi connectivity index (χ2v) is 6.06. The predicted molar refractivity (Wildman–Crippen MR) is 76.7 cm³/mol. The summed E-state index contributed by atoms with van der Waals surface area (Å²) in [6, 6.07) is 0. The molecule has 0 atom stereocenters. The van der Waals surface area contributed by atoms with Crippen LogP contribution in [0.5, 0.6) is 0 Å². The van der Waals surface area contributed by atoms with E-state index in [0.717, 1.165) is 18.5 Å². The van der Waals surface area contributed by atoms with Crippen LogP contribution in [0.3, 0.4) is 0 Å². The number of oxazole rings is 1. The number of esters is 1. The standard InChI is InChI=1S/C16H25NO3/c1-4-19-16(18)15-13(9-11(2)3)17-14(20-15)10-12-7-5-6-8-12/h11-12H,4-10H2,1-3H3. The molecule has 1 aromatic rings. The maximum Gasteiger partial charge on any atom is 0.376 e. The molecule has 4 heteroatoms. The van der Waals surface area contributed by atoms with Crippen LogP contribution in [0.25, 0.3) is 0 Å². The summed E-state index contributed by atoms with van der Waals surface area (Å²) in [5, 5.41) is 0. The zero-order chi connectivity index (χ0) is 14.5. The fraction of sp³-hybridized carbons (Fsp3) is 0.750. The lowest BCUT2D eigenvalue weighted by atomic mass is 10.0. The number of carbonyl (C=O) groups is 1. The molecule has 1 aliphatic carbocycles. The molecule has 1 aliphatic rings. The van der Waals surface area contributed by atoms with Crippen LogP contribution in [0.1, 0.15) is 68.6 Å². The van der Waals surface area contributed by atoms with Gasteiger partial charge in [-0.2, -0.15) is 0 Å². The molecular formula is C16H25NO3. The van der Waals surface area contributed by atoms with Crippen molar-refractivity contribution in [3.8, 4) is 0 Å². The summed E-state index contributed by atoms with van der Waals surface area (Å²) < 4.78 is 10.8. The maximum atomic E-state index is 11.9. The summed E-state index contributed by atoms with van der Waals surface area (Å²) in [4.78, 5) is 16.5. The van der Waals surface area contributed by atoms with Gasteiger partial charge in [-0.1, -0.05) is 26.7 Å². The van der Waals surface area contributed by atoms with Gasteiger partial charge in [0.25, 0.3) is 0 Å². The number of hydrogen-bond donors (Lipinski definition) is 0. The van der Waals surface area contributed by atoms with Crippen molar-refractivity contribution < 1.29 is 13.9 Å². The van der Waals surface area contributed by atoms with Crippen LogP contribution in [0.15, 0.2) is 4.42 Å². The second kappa shape index (κ2) is 6.91. The third-order valence-electron chi connectivity index (χ3n) is 3.74. The summed E-state index contributed by atoms with van der Waals surface area (Å²) in [5.74, 6) is 1.74. The molecule has 1 fully saturated rings. The Labute approximate surface area is 120 Å². The first kappa shape index (κ1) is 15.1. The van der Waals surface area contributed by atoms with Crippen LogP contribution in [0, 0.1) is 11.8 Å². The Morgan fingerprint density at radius 2 is 2.10 bits per heavy atom. The van der Waals surface area contributed by atoms with E-state index in [1.54, 1.807) is 6.92 Å². The van der Waals surface area contributed by atoms with E-state index < -0.39 is 0 Å². The van der Waals surface area contributed by atoms with Gasteiger partial charge in [-0.05, 0) is 38.0 Å². The van der Waals surface area contributed by atoms with Crippen molar-refractivity contribution in [2.45, 2.75) is 59.3 Å².